The number of hydrogen-bond donors (Lipinski definition) is 0. The lowest BCUT2D eigenvalue weighted by molar-refractivity contribution is -0.0328. The number of hydrogen-bond acceptors (Lipinski definition) is 5. The van der Waals surface area contributed by atoms with E-state index in [-0.39, 0.29) is 26.4 Å². The van der Waals surface area contributed by atoms with Crippen molar-refractivity contribution < 1.29 is 13.2 Å². The fraction of sp³-hybridized carbons (Fsp3) is 0.308. The van der Waals surface area contributed by atoms with E-state index >= 15 is 0 Å². The SMILES string of the molecule is CCN(Cc1ccc(SC(F)(F)F)cc1)c1ssc(=O)c1Cl. The zero-order valence-electron chi connectivity index (χ0n) is 11.3. The molecule has 2 rings (SSSR count). The van der Waals surface area contributed by atoms with Crippen molar-refractivity contribution in [1.82, 2.24) is 0 Å². The zero-order valence-corrected chi connectivity index (χ0v) is 14.5. The molecule has 22 heavy (non-hydrogen) atoms. The lowest BCUT2D eigenvalue weighted by Crippen LogP contribution is -2.21. The van der Waals surface area contributed by atoms with E-state index in [0.717, 1.165) is 15.9 Å². The van der Waals surface area contributed by atoms with Crippen molar-refractivity contribution in [2.75, 3.05) is 11.4 Å². The third-order valence-corrected chi connectivity index (χ3v) is 6.31. The van der Waals surface area contributed by atoms with Crippen LogP contribution < -0.4 is 9.64 Å². The highest BCUT2D eigenvalue weighted by Gasteiger charge is 2.29. The van der Waals surface area contributed by atoms with Crippen LogP contribution in [-0.4, -0.2) is 12.1 Å². The zero-order chi connectivity index (χ0) is 16.3. The van der Waals surface area contributed by atoms with Crippen LogP contribution in [-0.2, 0) is 6.54 Å². The Morgan fingerprint density at radius 2 is 1.86 bits per heavy atom. The predicted octanol–water partition coefficient (Wildman–Crippen LogP) is 5.46. The van der Waals surface area contributed by atoms with Gasteiger partial charge in [-0.05, 0) is 46.7 Å². The summed E-state index contributed by atoms with van der Waals surface area (Å²) in [7, 11) is 2.39. The van der Waals surface area contributed by atoms with E-state index < -0.39 is 5.51 Å². The Morgan fingerprint density at radius 1 is 1.23 bits per heavy atom. The molecule has 0 aliphatic heterocycles. The summed E-state index contributed by atoms with van der Waals surface area (Å²) in [6.45, 7) is 3.06. The number of alkyl halides is 3. The smallest absolute Gasteiger partial charge is 0.357 e. The first-order chi connectivity index (χ1) is 10.3. The third-order valence-electron chi connectivity index (χ3n) is 2.76. The van der Waals surface area contributed by atoms with Crippen LogP contribution in [0.15, 0.2) is 34.0 Å². The first-order valence-electron chi connectivity index (χ1n) is 6.18. The van der Waals surface area contributed by atoms with Crippen LogP contribution in [0.4, 0.5) is 18.2 Å². The standard InChI is InChI=1S/C13H11ClF3NOS3/c1-2-18(11-10(14)12(19)22-21-11)7-8-3-5-9(6-4-8)20-13(15,16)17/h3-6H,2,7H2,1H3. The maximum Gasteiger partial charge on any atom is 0.446 e. The van der Waals surface area contributed by atoms with Gasteiger partial charge < -0.3 is 4.90 Å². The Balaban J connectivity index is 2.12. The van der Waals surface area contributed by atoms with Crippen LogP contribution in [0.25, 0.3) is 0 Å². The maximum absolute atomic E-state index is 12.3. The van der Waals surface area contributed by atoms with E-state index in [1.54, 1.807) is 12.1 Å². The quantitative estimate of drug-likeness (QED) is 0.503. The van der Waals surface area contributed by atoms with E-state index in [2.05, 4.69) is 0 Å². The Labute approximate surface area is 141 Å². The van der Waals surface area contributed by atoms with Crippen molar-refractivity contribution in [3.05, 3.63) is 44.4 Å². The predicted molar refractivity (Wildman–Crippen MR) is 88.6 cm³/mol. The van der Waals surface area contributed by atoms with Gasteiger partial charge in [-0.3, -0.25) is 4.79 Å². The summed E-state index contributed by atoms with van der Waals surface area (Å²) in [5.41, 5.74) is -3.43. The molecule has 1 aromatic heterocycles. The molecule has 0 aliphatic rings. The van der Waals surface area contributed by atoms with Crippen molar-refractivity contribution in [2.24, 2.45) is 0 Å². The van der Waals surface area contributed by atoms with Gasteiger partial charge in [-0.15, -0.1) is 0 Å². The van der Waals surface area contributed by atoms with Crippen LogP contribution in [0.1, 0.15) is 12.5 Å². The van der Waals surface area contributed by atoms with Gasteiger partial charge in [-0.25, -0.2) is 0 Å². The maximum atomic E-state index is 12.3. The number of halogens is 4. The number of nitrogens with zero attached hydrogens (tertiary/aromatic N) is 1. The molecule has 2 aromatic rings. The molecule has 0 aliphatic carbocycles. The molecular weight excluding hydrogens is 375 g/mol. The molecule has 0 saturated heterocycles. The highest BCUT2D eigenvalue weighted by Crippen LogP contribution is 2.37. The molecule has 1 aromatic carbocycles. The minimum absolute atomic E-state index is 0.136. The van der Waals surface area contributed by atoms with Crippen LogP contribution in [0.2, 0.25) is 5.02 Å². The van der Waals surface area contributed by atoms with Gasteiger partial charge in [0.25, 0.3) is 4.74 Å². The molecular formula is C13H11ClF3NOS3. The van der Waals surface area contributed by atoms with Crippen molar-refractivity contribution in [2.45, 2.75) is 23.9 Å². The molecule has 0 fully saturated rings. The minimum Gasteiger partial charge on any atom is -0.357 e. The van der Waals surface area contributed by atoms with Gasteiger partial charge in [-0.1, -0.05) is 34.1 Å². The number of anilines is 1. The monoisotopic (exact) mass is 385 g/mol. The summed E-state index contributed by atoms with van der Waals surface area (Å²) in [5.74, 6) is 0. The molecule has 0 amide bonds. The normalized spacial score (nSPS) is 11.7. The topological polar surface area (TPSA) is 20.3 Å². The Hall–Kier alpha value is -0.700. The Kier molecular flexibility index (Phi) is 5.81. The molecule has 1 heterocycles. The average molecular weight is 386 g/mol. The number of benzene rings is 1. The second-order valence-electron chi connectivity index (χ2n) is 4.28. The molecule has 0 N–H and O–H groups in total. The highest BCUT2D eigenvalue weighted by molar-refractivity contribution is 8.00. The van der Waals surface area contributed by atoms with Gasteiger partial charge in [0.1, 0.15) is 10.0 Å². The van der Waals surface area contributed by atoms with Gasteiger partial charge in [0.05, 0.1) is 0 Å². The molecule has 0 saturated carbocycles. The summed E-state index contributed by atoms with van der Waals surface area (Å²) in [5, 5.41) is 0.911. The Morgan fingerprint density at radius 3 is 2.32 bits per heavy atom. The summed E-state index contributed by atoms with van der Waals surface area (Å²) in [6, 6.07) is 6.19. The lowest BCUT2D eigenvalue weighted by atomic mass is 10.2. The molecule has 120 valence electrons. The molecule has 0 bridgehead atoms. The van der Waals surface area contributed by atoms with Crippen molar-refractivity contribution in [1.29, 1.82) is 0 Å². The molecule has 0 unspecified atom stereocenters. The first-order valence-corrected chi connectivity index (χ1v) is 9.53. The van der Waals surface area contributed by atoms with Crippen molar-refractivity contribution in [3.8, 4) is 0 Å². The summed E-state index contributed by atoms with van der Waals surface area (Å²) < 4.78 is 36.7. The highest BCUT2D eigenvalue weighted by atomic mass is 35.5. The van der Waals surface area contributed by atoms with Crippen LogP contribution in [0.5, 0.6) is 0 Å². The first kappa shape index (κ1) is 17.7. The minimum atomic E-state index is -4.28. The Bertz CT molecular complexity index is 681. The second kappa shape index (κ2) is 7.25. The van der Waals surface area contributed by atoms with Crippen molar-refractivity contribution >= 4 is 49.0 Å². The molecule has 2 nitrogen and oxygen atoms in total. The van der Waals surface area contributed by atoms with E-state index in [1.165, 1.54) is 22.5 Å². The summed E-state index contributed by atoms with van der Waals surface area (Å²) in [6.07, 6.45) is 0. The number of rotatable bonds is 5. The van der Waals surface area contributed by atoms with E-state index in [9.17, 15) is 18.0 Å². The van der Waals surface area contributed by atoms with E-state index in [4.69, 9.17) is 11.6 Å². The fourth-order valence-corrected chi connectivity index (χ4v) is 5.07. The third kappa shape index (κ3) is 4.65. The number of thioether (sulfide) groups is 1. The van der Waals surface area contributed by atoms with Gasteiger partial charge in [0.15, 0.2) is 0 Å². The van der Waals surface area contributed by atoms with Crippen LogP contribution in [0.3, 0.4) is 0 Å². The second-order valence-corrected chi connectivity index (χ2v) is 7.89. The summed E-state index contributed by atoms with van der Waals surface area (Å²) >= 11 is 5.85. The van der Waals surface area contributed by atoms with Gasteiger partial charge in [0.2, 0.25) is 0 Å². The van der Waals surface area contributed by atoms with Gasteiger partial charge in [-0.2, -0.15) is 13.2 Å². The van der Waals surface area contributed by atoms with E-state index in [1.807, 2.05) is 11.8 Å². The summed E-state index contributed by atoms with van der Waals surface area (Å²) in [4.78, 5) is 13.5. The molecule has 0 atom stereocenters. The van der Waals surface area contributed by atoms with Crippen LogP contribution >= 0.6 is 44.0 Å². The van der Waals surface area contributed by atoms with E-state index in [0.29, 0.717) is 18.1 Å². The fourth-order valence-electron chi connectivity index (χ4n) is 1.77. The molecule has 0 radical (unpaired) electrons. The van der Waals surface area contributed by atoms with Crippen molar-refractivity contribution in [3.63, 3.8) is 0 Å². The molecule has 0 spiro atoms. The lowest BCUT2D eigenvalue weighted by Gasteiger charge is -2.21. The molecule has 9 heteroatoms. The van der Waals surface area contributed by atoms with Gasteiger partial charge in [0, 0.05) is 18.0 Å². The van der Waals surface area contributed by atoms with Crippen LogP contribution in [0, 0.1) is 0 Å². The average Bonchev–Trinajstić information content (AvgIpc) is 2.77. The van der Waals surface area contributed by atoms with Gasteiger partial charge >= 0.3 is 5.51 Å². The largest absolute Gasteiger partial charge is 0.446 e.